The first-order chi connectivity index (χ1) is 13.3. The normalized spacial score (nSPS) is 46.0. The average Bonchev–Trinajstić information content (AvgIpc) is 2.94. The molecule has 1 unspecified atom stereocenters. The number of hydrogen-bond acceptors (Lipinski definition) is 3. The van der Waals surface area contributed by atoms with Gasteiger partial charge in [-0.3, -0.25) is 9.59 Å². The lowest BCUT2D eigenvalue weighted by molar-refractivity contribution is -0.135. The maximum Gasteiger partial charge on any atom is 0.161 e. The molecule has 3 nitrogen and oxygen atoms in total. The van der Waals surface area contributed by atoms with Crippen LogP contribution in [0.15, 0.2) is 23.9 Å². The van der Waals surface area contributed by atoms with Crippen LogP contribution in [0.1, 0.15) is 78.1 Å². The molecule has 4 aliphatic carbocycles. The fourth-order valence-corrected chi connectivity index (χ4v) is 7.91. The van der Waals surface area contributed by atoms with Crippen molar-refractivity contribution < 1.29 is 9.59 Å². The Morgan fingerprint density at radius 1 is 1.00 bits per heavy atom. The van der Waals surface area contributed by atoms with Gasteiger partial charge in [0.15, 0.2) is 11.6 Å². The van der Waals surface area contributed by atoms with E-state index in [2.05, 4.69) is 25.3 Å². The van der Waals surface area contributed by atoms with Gasteiger partial charge in [0.25, 0.3) is 0 Å². The lowest BCUT2D eigenvalue weighted by Crippen LogP contribution is -2.50. The van der Waals surface area contributed by atoms with Gasteiger partial charge in [0, 0.05) is 24.1 Å². The second-order valence-corrected chi connectivity index (χ2v) is 10.8. The molecule has 0 amide bonds. The van der Waals surface area contributed by atoms with Crippen molar-refractivity contribution in [2.75, 3.05) is 6.54 Å². The Labute approximate surface area is 169 Å². The maximum atomic E-state index is 13.6. The smallest absolute Gasteiger partial charge is 0.161 e. The predicted molar refractivity (Wildman–Crippen MR) is 111 cm³/mol. The third-order valence-electron chi connectivity index (χ3n) is 9.59. The molecule has 6 atom stereocenters. The van der Waals surface area contributed by atoms with Crippen molar-refractivity contribution in [3.8, 4) is 0 Å². The van der Waals surface area contributed by atoms with Gasteiger partial charge in [0.05, 0.1) is 6.04 Å². The number of nitrogens with zero attached hydrogens (tertiary/aromatic N) is 1. The summed E-state index contributed by atoms with van der Waals surface area (Å²) in [6, 6.07) is 0.0687. The number of Topliss-reactive ketones (excluding diaryl/α,β-unsaturated/α-hetero) is 1. The Hall–Kier alpha value is -1.38. The minimum atomic E-state index is -0.147. The number of allylic oxidation sites excluding steroid dienone is 2. The van der Waals surface area contributed by atoms with Crippen molar-refractivity contribution in [3.63, 3.8) is 0 Å². The van der Waals surface area contributed by atoms with Crippen molar-refractivity contribution >= 4 is 11.6 Å². The number of carbonyl (C=O) groups excluding carboxylic acids is 2. The minimum Gasteiger partial charge on any atom is -0.365 e. The van der Waals surface area contributed by atoms with E-state index in [0.29, 0.717) is 35.7 Å². The van der Waals surface area contributed by atoms with Gasteiger partial charge in [0.2, 0.25) is 0 Å². The Bertz CT molecular complexity index is 767. The summed E-state index contributed by atoms with van der Waals surface area (Å²) in [5.74, 6) is 2.63. The van der Waals surface area contributed by atoms with Crippen molar-refractivity contribution in [2.24, 2.45) is 28.6 Å². The summed E-state index contributed by atoms with van der Waals surface area (Å²) in [6.07, 6.45) is 12.6. The molecule has 1 aliphatic heterocycles. The molecule has 28 heavy (non-hydrogen) atoms. The van der Waals surface area contributed by atoms with E-state index >= 15 is 0 Å². The molecule has 5 rings (SSSR count). The highest BCUT2D eigenvalue weighted by Crippen LogP contribution is 2.64. The Kier molecular flexibility index (Phi) is 4.20. The summed E-state index contributed by atoms with van der Waals surface area (Å²) in [7, 11) is 0. The molecule has 0 aromatic carbocycles. The van der Waals surface area contributed by atoms with E-state index in [9.17, 15) is 9.59 Å². The van der Waals surface area contributed by atoms with Gasteiger partial charge in [-0.15, -0.1) is 0 Å². The number of piperidine rings is 1. The fourth-order valence-electron chi connectivity index (χ4n) is 7.91. The van der Waals surface area contributed by atoms with Gasteiger partial charge in [0.1, 0.15) is 0 Å². The quantitative estimate of drug-likeness (QED) is 0.637. The summed E-state index contributed by atoms with van der Waals surface area (Å²) in [6.45, 7) is 10.0. The third-order valence-corrected chi connectivity index (χ3v) is 9.59. The molecule has 0 spiro atoms. The molecule has 3 heteroatoms. The number of rotatable bonds is 1. The SMILES string of the molecule is C=C1CCCCN1C1C[C@H]2[C@@H]3CCC4=CC(=O)CC[C@]4(C)[C@H]3CC[C@]2(C)C1=O. The molecular weight excluding hydrogens is 346 g/mol. The monoisotopic (exact) mass is 381 g/mol. The van der Waals surface area contributed by atoms with E-state index < -0.39 is 0 Å². The van der Waals surface area contributed by atoms with Gasteiger partial charge < -0.3 is 4.90 Å². The topological polar surface area (TPSA) is 37.4 Å². The van der Waals surface area contributed by atoms with Crippen molar-refractivity contribution in [3.05, 3.63) is 23.9 Å². The summed E-state index contributed by atoms with van der Waals surface area (Å²) < 4.78 is 0. The highest BCUT2D eigenvalue weighted by molar-refractivity contribution is 5.93. The lowest BCUT2D eigenvalue weighted by Gasteiger charge is -2.56. The van der Waals surface area contributed by atoms with Gasteiger partial charge in [-0.1, -0.05) is 26.0 Å². The van der Waals surface area contributed by atoms with Crippen LogP contribution < -0.4 is 0 Å². The van der Waals surface area contributed by atoms with Gasteiger partial charge >= 0.3 is 0 Å². The van der Waals surface area contributed by atoms with Crippen molar-refractivity contribution in [1.82, 2.24) is 4.90 Å². The van der Waals surface area contributed by atoms with E-state index in [1.807, 2.05) is 6.08 Å². The number of fused-ring (bicyclic) bond motifs is 5. The van der Waals surface area contributed by atoms with Crippen LogP contribution in [0.25, 0.3) is 0 Å². The molecule has 0 bridgehead atoms. The maximum absolute atomic E-state index is 13.6. The Morgan fingerprint density at radius 3 is 2.61 bits per heavy atom. The molecule has 1 saturated heterocycles. The van der Waals surface area contributed by atoms with Gasteiger partial charge in [-0.2, -0.15) is 0 Å². The number of likely N-dealkylation sites (tertiary alicyclic amines) is 1. The van der Waals surface area contributed by atoms with Crippen LogP contribution in [-0.2, 0) is 9.59 Å². The molecule has 0 radical (unpaired) electrons. The zero-order chi connectivity index (χ0) is 19.7. The largest absolute Gasteiger partial charge is 0.365 e. The molecule has 1 heterocycles. The zero-order valence-electron chi connectivity index (χ0n) is 17.6. The molecule has 0 aromatic heterocycles. The minimum absolute atomic E-state index is 0.0687. The van der Waals surface area contributed by atoms with Crippen LogP contribution >= 0.6 is 0 Å². The summed E-state index contributed by atoms with van der Waals surface area (Å²) in [5, 5.41) is 0. The van der Waals surface area contributed by atoms with Gasteiger partial charge in [-0.05, 0) is 87.0 Å². The van der Waals surface area contributed by atoms with Gasteiger partial charge in [-0.25, -0.2) is 0 Å². The van der Waals surface area contributed by atoms with Crippen LogP contribution in [0, 0.1) is 28.6 Å². The highest BCUT2D eigenvalue weighted by atomic mass is 16.1. The van der Waals surface area contributed by atoms with E-state index in [0.717, 1.165) is 45.1 Å². The Morgan fingerprint density at radius 2 is 1.82 bits per heavy atom. The van der Waals surface area contributed by atoms with Crippen LogP contribution in [0.3, 0.4) is 0 Å². The number of ketones is 2. The number of carbonyl (C=O) groups is 2. The average molecular weight is 382 g/mol. The van der Waals surface area contributed by atoms with Crippen LogP contribution in [0.5, 0.6) is 0 Å². The van der Waals surface area contributed by atoms with E-state index in [4.69, 9.17) is 0 Å². The van der Waals surface area contributed by atoms with Crippen LogP contribution in [0.4, 0.5) is 0 Å². The van der Waals surface area contributed by atoms with E-state index in [-0.39, 0.29) is 16.9 Å². The fraction of sp³-hybridized carbons (Fsp3) is 0.760. The molecular formula is C25H35NO2. The molecule has 0 aromatic rings. The summed E-state index contributed by atoms with van der Waals surface area (Å²) >= 11 is 0. The van der Waals surface area contributed by atoms with E-state index in [1.54, 1.807) is 0 Å². The standard InChI is InChI=1S/C25H35NO2/c1-16-6-4-5-13-26(16)22-15-21-19-8-7-17-14-18(27)9-11-24(17,2)20(19)10-12-25(21,3)23(22)28/h14,19-22H,1,4-13,15H2,2-3H3/t19-,20+,21+,22?,24+,25+/m1/s1. The summed E-state index contributed by atoms with van der Waals surface area (Å²) in [4.78, 5) is 28.0. The second kappa shape index (κ2) is 6.31. The molecule has 152 valence electrons. The van der Waals surface area contributed by atoms with Crippen LogP contribution in [0.2, 0.25) is 0 Å². The first kappa shape index (κ1) is 18.6. The first-order valence-corrected chi connectivity index (χ1v) is 11.6. The third kappa shape index (κ3) is 2.47. The summed E-state index contributed by atoms with van der Waals surface area (Å²) in [5.41, 5.74) is 2.65. The van der Waals surface area contributed by atoms with Crippen molar-refractivity contribution in [2.45, 2.75) is 84.1 Å². The first-order valence-electron chi connectivity index (χ1n) is 11.6. The van der Waals surface area contributed by atoms with Crippen molar-refractivity contribution in [1.29, 1.82) is 0 Å². The number of hydrogen-bond donors (Lipinski definition) is 0. The zero-order valence-corrected chi connectivity index (χ0v) is 17.6. The molecule has 0 N–H and O–H groups in total. The van der Waals surface area contributed by atoms with Crippen LogP contribution in [-0.4, -0.2) is 29.1 Å². The van der Waals surface area contributed by atoms with E-state index in [1.165, 1.54) is 30.5 Å². The second-order valence-electron chi connectivity index (χ2n) is 10.8. The predicted octanol–water partition coefficient (Wildman–Crippen LogP) is 5.07. The lowest BCUT2D eigenvalue weighted by atomic mass is 9.47. The molecule has 3 saturated carbocycles. The Balaban J connectivity index is 1.45. The molecule has 5 aliphatic rings. The molecule has 4 fully saturated rings. The highest BCUT2D eigenvalue weighted by Gasteiger charge is 2.62.